The molecule has 1 amide bonds. The number of pyridine rings is 1. The number of nitrogens with zero attached hydrogens (tertiary/aromatic N) is 2. The molecule has 0 saturated carbocycles. The van der Waals surface area contributed by atoms with E-state index in [0.29, 0.717) is 12.6 Å². The molecule has 1 aliphatic rings. The van der Waals surface area contributed by atoms with E-state index in [2.05, 4.69) is 15.2 Å². The zero-order chi connectivity index (χ0) is 13.7. The van der Waals surface area contributed by atoms with Gasteiger partial charge in [0.15, 0.2) is 0 Å². The van der Waals surface area contributed by atoms with Gasteiger partial charge in [0.1, 0.15) is 0 Å². The second-order valence-electron chi connectivity index (χ2n) is 5.19. The molecule has 0 bridgehead atoms. The van der Waals surface area contributed by atoms with Crippen LogP contribution in [0.5, 0.6) is 0 Å². The quantitative estimate of drug-likeness (QED) is 0.837. The smallest absolute Gasteiger partial charge is 0.234 e. The number of nitrogens with two attached hydrogens (primary N) is 1. The van der Waals surface area contributed by atoms with Crippen LogP contribution in [0.15, 0.2) is 24.5 Å². The first-order valence-electron chi connectivity index (χ1n) is 6.82. The van der Waals surface area contributed by atoms with Crippen molar-refractivity contribution in [3.63, 3.8) is 0 Å². The maximum absolute atomic E-state index is 12.0. The van der Waals surface area contributed by atoms with Crippen LogP contribution >= 0.6 is 0 Å². The van der Waals surface area contributed by atoms with Gasteiger partial charge in [0, 0.05) is 31.5 Å². The molecule has 19 heavy (non-hydrogen) atoms. The third-order valence-corrected chi connectivity index (χ3v) is 3.56. The monoisotopic (exact) mass is 262 g/mol. The molecule has 2 heterocycles. The lowest BCUT2D eigenvalue weighted by Gasteiger charge is -2.29. The third-order valence-electron chi connectivity index (χ3n) is 3.56. The van der Waals surface area contributed by atoms with Crippen molar-refractivity contribution in [2.24, 2.45) is 5.73 Å². The lowest BCUT2D eigenvalue weighted by Crippen LogP contribution is -2.44. The Morgan fingerprint density at radius 1 is 1.58 bits per heavy atom. The highest BCUT2D eigenvalue weighted by Gasteiger charge is 2.19. The molecular weight excluding hydrogens is 240 g/mol. The van der Waals surface area contributed by atoms with Crippen LogP contribution in [0, 0.1) is 0 Å². The highest BCUT2D eigenvalue weighted by atomic mass is 16.2. The Kier molecular flexibility index (Phi) is 4.87. The van der Waals surface area contributed by atoms with Gasteiger partial charge in [-0.3, -0.25) is 14.7 Å². The number of amides is 1. The van der Waals surface area contributed by atoms with Crippen molar-refractivity contribution < 1.29 is 4.79 Å². The van der Waals surface area contributed by atoms with E-state index in [0.717, 1.165) is 31.5 Å². The number of carbonyl (C=O) groups excluding carboxylic acids is 1. The number of aromatic nitrogens is 1. The Hall–Kier alpha value is -1.46. The molecule has 5 heteroatoms. The summed E-state index contributed by atoms with van der Waals surface area (Å²) in [6.07, 6.45) is 5.47. The number of nitrogens with one attached hydrogen (secondary N) is 1. The SMILES string of the molecule is C[C@H](NC(=O)CN1CCC(N)CC1)c1cccnc1. The first-order chi connectivity index (χ1) is 9.15. The second kappa shape index (κ2) is 6.63. The Labute approximate surface area is 114 Å². The summed E-state index contributed by atoms with van der Waals surface area (Å²) in [6, 6.07) is 4.14. The van der Waals surface area contributed by atoms with Gasteiger partial charge in [0.05, 0.1) is 12.6 Å². The lowest BCUT2D eigenvalue weighted by atomic mass is 10.1. The Balaban J connectivity index is 1.78. The normalized spacial score (nSPS) is 19.1. The predicted molar refractivity (Wildman–Crippen MR) is 74.4 cm³/mol. The van der Waals surface area contributed by atoms with Crippen LogP contribution in [0.2, 0.25) is 0 Å². The van der Waals surface area contributed by atoms with Crippen LogP contribution in [0.4, 0.5) is 0 Å². The number of piperidine rings is 1. The first kappa shape index (κ1) is 14.0. The van der Waals surface area contributed by atoms with Gasteiger partial charge in [-0.25, -0.2) is 0 Å². The zero-order valence-electron chi connectivity index (χ0n) is 11.4. The maximum atomic E-state index is 12.0. The fraction of sp³-hybridized carbons (Fsp3) is 0.571. The molecule has 0 unspecified atom stereocenters. The lowest BCUT2D eigenvalue weighted by molar-refractivity contribution is -0.123. The minimum Gasteiger partial charge on any atom is -0.348 e. The number of likely N-dealkylation sites (tertiary alicyclic amines) is 1. The van der Waals surface area contributed by atoms with Crippen LogP contribution in [0.1, 0.15) is 31.4 Å². The molecule has 1 aromatic heterocycles. The topological polar surface area (TPSA) is 71.2 Å². The van der Waals surface area contributed by atoms with E-state index in [1.54, 1.807) is 12.4 Å². The highest BCUT2D eigenvalue weighted by molar-refractivity contribution is 5.78. The molecule has 1 fully saturated rings. The van der Waals surface area contributed by atoms with Crippen LogP contribution < -0.4 is 11.1 Å². The number of hydrogen-bond donors (Lipinski definition) is 2. The summed E-state index contributed by atoms with van der Waals surface area (Å²) in [6.45, 7) is 4.25. The Morgan fingerprint density at radius 2 is 2.32 bits per heavy atom. The van der Waals surface area contributed by atoms with Crippen molar-refractivity contribution in [2.45, 2.75) is 31.8 Å². The third kappa shape index (κ3) is 4.29. The Bertz CT molecular complexity index is 401. The molecule has 0 aromatic carbocycles. The van der Waals surface area contributed by atoms with Crippen LogP contribution in [-0.4, -0.2) is 41.5 Å². The van der Waals surface area contributed by atoms with Gasteiger partial charge in [0.2, 0.25) is 5.91 Å². The minimum atomic E-state index is -0.00625. The summed E-state index contributed by atoms with van der Waals surface area (Å²) in [5, 5.41) is 3.00. The number of carbonyl (C=O) groups is 1. The van der Waals surface area contributed by atoms with Crippen LogP contribution in [-0.2, 0) is 4.79 Å². The molecule has 3 N–H and O–H groups in total. The fourth-order valence-corrected chi connectivity index (χ4v) is 2.32. The molecule has 104 valence electrons. The van der Waals surface area contributed by atoms with Gasteiger partial charge >= 0.3 is 0 Å². The van der Waals surface area contributed by atoms with Crippen molar-refractivity contribution in [3.8, 4) is 0 Å². The van der Waals surface area contributed by atoms with Crippen molar-refractivity contribution >= 4 is 5.91 Å². The average Bonchev–Trinajstić information content (AvgIpc) is 2.42. The van der Waals surface area contributed by atoms with Crippen molar-refractivity contribution in [1.29, 1.82) is 0 Å². The van der Waals surface area contributed by atoms with E-state index in [1.165, 1.54) is 0 Å². The molecule has 1 aliphatic heterocycles. The fourth-order valence-electron chi connectivity index (χ4n) is 2.32. The first-order valence-corrected chi connectivity index (χ1v) is 6.82. The summed E-state index contributed by atoms with van der Waals surface area (Å²) in [5.41, 5.74) is 6.87. The molecule has 1 atom stereocenters. The molecule has 0 radical (unpaired) electrons. The van der Waals surface area contributed by atoms with Gasteiger partial charge in [-0.1, -0.05) is 6.07 Å². The van der Waals surface area contributed by atoms with E-state index in [1.807, 2.05) is 19.1 Å². The van der Waals surface area contributed by atoms with Gasteiger partial charge in [-0.2, -0.15) is 0 Å². The maximum Gasteiger partial charge on any atom is 0.234 e. The standard InChI is InChI=1S/C14H22N4O/c1-11(12-3-2-6-16-9-12)17-14(19)10-18-7-4-13(15)5-8-18/h2-3,6,9,11,13H,4-5,7-8,10,15H2,1H3,(H,17,19)/t11-/m0/s1. The molecule has 0 spiro atoms. The zero-order valence-corrected chi connectivity index (χ0v) is 11.4. The van der Waals surface area contributed by atoms with Crippen LogP contribution in [0.25, 0.3) is 0 Å². The molecule has 0 aliphatic carbocycles. The summed E-state index contributed by atoms with van der Waals surface area (Å²) >= 11 is 0. The van der Waals surface area contributed by atoms with E-state index < -0.39 is 0 Å². The number of rotatable bonds is 4. The molecular formula is C14H22N4O. The van der Waals surface area contributed by atoms with E-state index >= 15 is 0 Å². The Morgan fingerprint density at radius 3 is 2.95 bits per heavy atom. The van der Waals surface area contributed by atoms with Gasteiger partial charge in [-0.15, -0.1) is 0 Å². The van der Waals surface area contributed by atoms with Crippen molar-refractivity contribution in [3.05, 3.63) is 30.1 Å². The summed E-state index contributed by atoms with van der Waals surface area (Å²) in [7, 11) is 0. The molecule has 2 rings (SSSR count). The van der Waals surface area contributed by atoms with E-state index in [-0.39, 0.29) is 11.9 Å². The molecule has 1 saturated heterocycles. The predicted octanol–water partition coefficient (Wildman–Crippen LogP) is 0.682. The van der Waals surface area contributed by atoms with Crippen molar-refractivity contribution in [1.82, 2.24) is 15.2 Å². The molecule has 5 nitrogen and oxygen atoms in total. The van der Waals surface area contributed by atoms with Gasteiger partial charge in [0.25, 0.3) is 0 Å². The summed E-state index contributed by atoms with van der Waals surface area (Å²) in [4.78, 5) is 18.2. The minimum absolute atomic E-state index is 0.00625. The van der Waals surface area contributed by atoms with Gasteiger partial charge in [-0.05, 0) is 31.4 Å². The highest BCUT2D eigenvalue weighted by Crippen LogP contribution is 2.11. The number of hydrogen-bond acceptors (Lipinski definition) is 4. The van der Waals surface area contributed by atoms with E-state index in [9.17, 15) is 4.79 Å². The van der Waals surface area contributed by atoms with Crippen LogP contribution in [0.3, 0.4) is 0 Å². The average molecular weight is 262 g/mol. The summed E-state index contributed by atoms with van der Waals surface area (Å²) in [5.74, 6) is 0.0619. The van der Waals surface area contributed by atoms with E-state index in [4.69, 9.17) is 5.73 Å². The largest absolute Gasteiger partial charge is 0.348 e. The molecule has 1 aromatic rings. The summed E-state index contributed by atoms with van der Waals surface area (Å²) < 4.78 is 0. The van der Waals surface area contributed by atoms with Gasteiger partial charge < -0.3 is 11.1 Å². The van der Waals surface area contributed by atoms with Crippen molar-refractivity contribution in [2.75, 3.05) is 19.6 Å². The second-order valence-corrected chi connectivity index (χ2v) is 5.19.